The van der Waals surface area contributed by atoms with Crippen LogP contribution in [0.1, 0.15) is 82.8 Å². The molecule has 0 spiro atoms. The Balaban J connectivity index is 0.000000282. The number of benzene rings is 3. The first-order valence-corrected chi connectivity index (χ1v) is 16.5. The number of esters is 1. The summed E-state index contributed by atoms with van der Waals surface area (Å²) in [5.74, 6) is -2.80. The third-order valence-corrected chi connectivity index (χ3v) is 9.51. The minimum Gasteiger partial charge on any atom is -0.744 e. The molecule has 218 valence electrons. The molecule has 7 nitrogen and oxygen atoms in total. The van der Waals surface area contributed by atoms with Gasteiger partial charge in [-0.25, -0.2) is 13.2 Å². The molecular formula is C31H39IO7S. The summed E-state index contributed by atoms with van der Waals surface area (Å²) in [6.07, 6.45) is 1.47. The first-order chi connectivity index (χ1) is 18.4. The molecule has 0 fully saturated rings. The number of rotatable bonds is 7. The zero-order valence-electron chi connectivity index (χ0n) is 24.1. The second-order valence-electron chi connectivity index (χ2n) is 11.4. The van der Waals surface area contributed by atoms with Gasteiger partial charge in [0.2, 0.25) is 0 Å². The predicted molar refractivity (Wildman–Crippen MR) is 151 cm³/mol. The van der Waals surface area contributed by atoms with Crippen molar-refractivity contribution in [1.82, 2.24) is 0 Å². The lowest BCUT2D eigenvalue weighted by molar-refractivity contribution is -0.597. The second kappa shape index (κ2) is 13.8. The molecule has 3 aromatic carbocycles. The molecule has 0 unspecified atom stereocenters. The maximum Gasteiger partial charge on any atom is 0.357 e. The molecule has 0 radical (unpaired) electrons. The molecule has 0 aliphatic carbocycles. The molecule has 40 heavy (non-hydrogen) atoms. The Morgan fingerprint density at radius 3 is 1.55 bits per heavy atom. The fourth-order valence-corrected chi connectivity index (χ4v) is 6.30. The number of carbonyl (C=O) groups is 1. The summed E-state index contributed by atoms with van der Waals surface area (Å²) in [7, 11) is -5.03. The van der Waals surface area contributed by atoms with Gasteiger partial charge in [-0.3, -0.25) is 0 Å². The molecular weight excluding hydrogens is 643 g/mol. The van der Waals surface area contributed by atoms with E-state index in [4.69, 9.17) is 4.74 Å². The zero-order valence-corrected chi connectivity index (χ0v) is 27.1. The molecule has 0 bridgehead atoms. The van der Waals surface area contributed by atoms with Crippen molar-refractivity contribution < 1.29 is 53.9 Å². The van der Waals surface area contributed by atoms with E-state index in [0.717, 1.165) is 18.6 Å². The van der Waals surface area contributed by atoms with Crippen molar-refractivity contribution in [3.05, 3.63) is 84.5 Å². The number of phenolic OH excluding ortho intramolecular Hbond substituents is 2. The lowest BCUT2D eigenvalue weighted by Gasteiger charge is -2.18. The highest BCUT2D eigenvalue weighted by Gasteiger charge is 2.21. The molecule has 0 saturated carbocycles. The number of ether oxygens (including phenoxy) is 1. The van der Waals surface area contributed by atoms with Gasteiger partial charge in [-0.05, 0) is 64.8 Å². The summed E-state index contributed by atoms with van der Waals surface area (Å²) in [6, 6.07) is 19.9. The smallest absolute Gasteiger partial charge is 0.357 e. The second-order valence-corrected chi connectivity index (χ2v) is 15.7. The van der Waals surface area contributed by atoms with E-state index in [0.29, 0.717) is 6.42 Å². The van der Waals surface area contributed by atoms with E-state index in [1.54, 1.807) is 0 Å². The normalized spacial score (nSPS) is 11.9. The molecule has 0 atom stereocenters. The average Bonchev–Trinajstić information content (AvgIpc) is 2.83. The van der Waals surface area contributed by atoms with Crippen molar-refractivity contribution in [1.29, 1.82) is 0 Å². The number of unbranched alkanes of at least 4 members (excludes halogenated alkanes) is 1. The predicted octanol–water partition coefficient (Wildman–Crippen LogP) is 3.37. The monoisotopic (exact) mass is 682 g/mol. The Morgan fingerprint density at radius 1 is 0.825 bits per heavy atom. The van der Waals surface area contributed by atoms with Crippen LogP contribution >= 0.6 is 0 Å². The van der Waals surface area contributed by atoms with Crippen LogP contribution in [0.2, 0.25) is 0 Å². The number of halogens is 1. The maximum absolute atomic E-state index is 11.5. The van der Waals surface area contributed by atoms with E-state index in [1.165, 1.54) is 18.3 Å². The fourth-order valence-electron chi connectivity index (χ4n) is 3.52. The third-order valence-electron chi connectivity index (χ3n) is 5.91. The molecule has 2 N–H and O–H groups in total. The lowest BCUT2D eigenvalue weighted by atomic mass is 9.87. The van der Waals surface area contributed by atoms with Gasteiger partial charge in [0.25, 0.3) is 0 Å². The molecule has 0 saturated heterocycles. The van der Waals surface area contributed by atoms with Crippen molar-refractivity contribution in [2.45, 2.75) is 77.0 Å². The van der Waals surface area contributed by atoms with Crippen LogP contribution in [-0.2, 0) is 25.7 Å². The third kappa shape index (κ3) is 10.1. The maximum atomic E-state index is 11.5. The van der Waals surface area contributed by atoms with Crippen molar-refractivity contribution in [3.8, 4) is 11.5 Å². The van der Waals surface area contributed by atoms with E-state index >= 15 is 0 Å². The van der Waals surface area contributed by atoms with Crippen LogP contribution in [0, 0.1) is 7.14 Å². The van der Waals surface area contributed by atoms with Crippen molar-refractivity contribution in [3.63, 3.8) is 0 Å². The summed E-state index contributed by atoms with van der Waals surface area (Å²) < 4.78 is 40.1. The van der Waals surface area contributed by atoms with Crippen LogP contribution in [0.3, 0.4) is 0 Å². The van der Waals surface area contributed by atoms with Crippen LogP contribution in [-0.4, -0.2) is 35.8 Å². The van der Waals surface area contributed by atoms with Crippen molar-refractivity contribution in [2.75, 3.05) is 6.61 Å². The van der Waals surface area contributed by atoms with Gasteiger partial charge in [0.05, 0.1) is 12.2 Å². The highest BCUT2D eigenvalue weighted by atomic mass is 127. The van der Waals surface area contributed by atoms with Crippen LogP contribution in [0.15, 0.2) is 65.6 Å². The number of aromatic hydroxyl groups is 2. The van der Waals surface area contributed by atoms with E-state index in [-0.39, 0.29) is 44.2 Å². The fraction of sp³-hybridized carbons (Fsp3) is 0.387. The molecule has 0 aliphatic heterocycles. The van der Waals surface area contributed by atoms with E-state index in [2.05, 4.69) is 90.1 Å². The average molecular weight is 683 g/mol. The molecule has 0 amide bonds. The molecule has 9 heteroatoms. The van der Waals surface area contributed by atoms with E-state index in [9.17, 15) is 28.0 Å². The van der Waals surface area contributed by atoms with E-state index < -0.39 is 32.5 Å². The van der Waals surface area contributed by atoms with Gasteiger partial charge in [-0.2, -0.15) is 0 Å². The molecule has 0 aliphatic rings. The Bertz CT molecular complexity index is 1310. The summed E-state index contributed by atoms with van der Waals surface area (Å²) in [4.78, 5) is 10.4. The molecule has 3 rings (SSSR count). The van der Waals surface area contributed by atoms with Crippen LogP contribution in [0.25, 0.3) is 0 Å². The number of phenols is 2. The molecule has 0 heterocycles. The van der Waals surface area contributed by atoms with Gasteiger partial charge in [0, 0.05) is 0 Å². The van der Waals surface area contributed by atoms with Crippen molar-refractivity contribution >= 4 is 16.1 Å². The Kier molecular flexibility index (Phi) is 11.6. The van der Waals surface area contributed by atoms with Gasteiger partial charge in [-0.15, -0.1) is 0 Å². The largest absolute Gasteiger partial charge is 0.744 e. The van der Waals surface area contributed by atoms with Gasteiger partial charge in [0.1, 0.15) is 26.5 Å². The van der Waals surface area contributed by atoms with E-state index in [1.807, 2.05) is 6.92 Å². The van der Waals surface area contributed by atoms with Gasteiger partial charge in [-0.1, -0.05) is 79.2 Å². The standard InChI is InChI=1S/C20H26I.C11H14O7S/c1-19(2,3)15-7-11-17(12-8-15)21-18-13-9-16(10-14-18)20(4,5)6;1-2-3-4-18-11(14)7-5-8(12)10(9(13)6-7)19(15,16)17/h7-14H,1-6H3;5-6,12-13H,2-4H2,1H3,(H,15,16,17)/q+1;/p-1. The lowest BCUT2D eigenvalue weighted by Crippen LogP contribution is -3.61. The van der Waals surface area contributed by atoms with Crippen LogP contribution in [0.5, 0.6) is 11.5 Å². The SMILES string of the molecule is CC(C)(C)c1ccc([I+]c2ccc(C(C)(C)C)cc2)cc1.CCCCOC(=O)c1cc(O)c(S(=O)(=O)[O-])c(O)c1. The van der Waals surface area contributed by atoms with Crippen LogP contribution < -0.4 is 21.2 Å². The molecule has 3 aromatic rings. The van der Waals surface area contributed by atoms with Gasteiger partial charge in [0.15, 0.2) is 7.14 Å². The van der Waals surface area contributed by atoms with Gasteiger partial charge >= 0.3 is 27.2 Å². The first-order valence-electron chi connectivity index (χ1n) is 13.0. The van der Waals surface area contributed by atoms with Gasteiger partial charge < -0.3 is 19.5 Å². The number of carbonyl (C=O) groups excluding carboxylic acids is 1. The Labute approximate surface area is 248 Å². The summed E-state index contributed by atoms with van der Waals surface area (Å²) in [5.41, 5.74) is 3.08. The minimum absolute atomic E-state index is 0.0703. The highest BCUT2D eigenvalue weighted by molar-refractivity contribution is 7.86. The molecule has 0 aromatic heterocycles. The Hall–Kier alpha value is -2.63. The first kappa shape index (κ1) is 33.6. The highest BCUT2D eigenvalue weighted by Crippen LogP contribution is 2.33. The Morgan fingerprint density at radius 2 is 1.23 bits per heavy atom. The van der Waals surface area contributed by atoms with Crippen molar-refractivity contribution in [2.24, 2.45) is 0 Å². The zero-order chi connectivity index (χ0) is 30.3. The number of hydrogen-bond donors (Lipinski definition) is 2. The topological polar surface area (TPSA) is 124 Å². The minimum atomic E-state index is -5.03. The summed E-state index contributed by atoms with van der Waals surface area (Å²) in [5, 5.41) is 18.8. The quantitative estimate of drug-likeness (QED) is 0.170. The summed E-state index contributed by atoms with van der Waals surface area (Å²) in [6.45, 7) is 15.7. The van der Waals surface area contributed by atoms with Crippen LogP contribution in [0.4, 0.5) is 0 Å². The number of hydrogen-bond acceptors (Lipinski definition) is 7. The summed E-state index contributed by atoms with van der Waals surface area (Å²) >= 11 is -0.0703.